The van der Waals surface area contributed by atoms with Crippen molar-refractivity contribution in [3.05, 3.63) is 48.5 Å². The fourth-order valence-corrected chi connectivity index (χ4v) is 3.61. The van der Waals surface area contributed by atoms with Crippen molar-refractivity contribution in [2.24, 2.45) is 0 Å². The number of carbonyl (C=O) groups is 1. The maximum Gasteiger partial charge on any atom is 0.233 e. The van der Waals surface area contributed by atoms with Crippen LogP contribution in [0.4, 0.5) is 10.3 Å². The largest absolute Gasteiger partial charge is 0.338 e. The van der Waals surface area contributed by atoms with Gasteiger partial charge in [-0.3, -0.25) is 9.89 Å². The maximum absolute atomic E-state index is 13.8. The predicted octanol–water partition coefficient (Wildman–Crippen LogP) is 1.84. The Morgan fingerprint density at radius 1 is 1.11 bits per heavy atom. The molecule has 0 aliphatic carbocycles. The van der Waals surface area contributed by atoms with Crippen molar-refractivity contribution in [1.82, 2.24) is 30.0 Å². The average Bonchev–Trinajstić information content (AvgIpc) is 3.22. The van der Waals surface area contributed by atoms with Crippen molar-refractivity contribution < 1.29 is 9.18 Å². The Balaban J connectivity index is 1.29. The number of amides is 1. The SMILES string of the molecule is O=C(CSc1n[nH]c(-c2ccccc2F)n1)N1CCN(c2ncccn2)CC1. The Morgan fingerprint density at radius 3 is 2.61 bits per heavy atom. The molecule has 144 valence electrons. The van der Waals surface area contributed by atoms with E-state index in [1.54, 1.807) is 36.7 Å². The second kappa shape index (κ2) is 8.34. The number of hydrogen-bond acceptors (Lipinski definition) is 7. The van der Waals surface area contributed by atoms with Gasteiger partial charge in [-0.15, -0.1) is 5.10 Å². The van der Waals surface area contributed by atoms with E-state index in [1.807, 2.05) is 4.90 Å². The molecule has 1 N–H and O–H groups in total. The summed E-state index contributed by atoms with van der Waals surface area (Å²) in [5.74, 6) is 0.924. The lowest BCUT2D eigenvalue weighted by Crippen LogP contribution is -2.49. The van der Waals surface area contributed by atoms with E-state index in [4.69, 9.17) is 0 Å². The van der Waals surface area contributed by atoms with Crippen molar-refractivity contribution in [1.29, 1.82) is 0 Å². The van der Waals surface area contributed by atoms with Gasteiger partial charge in [0.2, 0.25) is 17.0 Å². The summed E-state index contributed by atoms with van der Waals surface area (Å²) in [7, 11) is 0. The quantitative estimate of drug-likeness (QED) is 0.655. The Kier molecular flexibility index (Phi) is 5.47. The topological polar surface area (TPSA) is 90.9 Å². The number of hydrogen-bond donors (Lipinski definition) is 1. The van der Waals surface area contributed by atoms with Gasteiger partial charge in [0.25, 0.3) is 0 Å². The molecule has 0 saturated carbocycles. The molecule has 0 spiro atoms. The molecule has 8 nitrogen and oxygen atoms in total. The minimum atomic E-state index is -0.369. The number of thioether (sulfide) groups is 1. The monoisotopic (exact) mass is 399 g/mol. The highest BCUT2D eigenvalue weighted by Crippen LogP contribution is 2.22. The number of aromatic amines is 1. The molecule has 0 unspecified atom stereocenters. The van der Waals surface area contributed by atoms with Crippen LogP contribution in [0.2, 0.25) is 0 Å². The molecule has 10 heteroatoms. The summed E-state index contributed by atoms with van der Waals surface area (Å²) >= 11 is 1.24. The average molecular weight is 399 g/mol. The van der Waals surface area contributed by atoms with Gasteiger partial charge in [-0.2, -0.15) is 0 Å². The summed E-state index contributed by atoms with van der Waals surface area (Å²) in [6.07, 6.45) is 3.42. The van der Waals surface area contributed by atoms with Crippen LogP contribution in [0.25, 0.3) is 11.4 Å². The zero-order valence-corrected chi connectivity index (χ0v) is 15.8. The molecule has 28 heavy (non-hydrogen) atoms. The van der Waals surface area contributed by atoms with Crippen LogP contribution in [-0.4, -0.2) is 67.9 Å². The van der Waals surface area contributed by atoms with E-state index in [1.165, 1.54) is 17.8 Å². The lowest BCUT2D eigenvalue weighted by Gasteiger charge is -2.34. The first-order valence-corrected chi connectivity index (χ1v) is 9.79. The summed E-state index contributed by atoms with van der Waals surface area (Å²) in [6, 6.07) is 8.13. The highest BCUT2D eigenvalue weighted by molar-refractivity contribution is 7.99. The Hall–Kier alpha value is -3.01. The van der Waals surface area contributed by atoms with Gasteiger partial charge in [0.05, 0.1) is 11.3 Å². The first-order chi connectivity index (χ1) is 13.7. The second-order valence-electron chi connectivity index (χ2n) is 6.15. The van der Waals surface area contributed by atoms with Gasteiger partial charge in [-0.25, -0.2) is 19.3 Å². The molecular formula is C18H18FN7OS. The Bertz CT molecular complexity index is 944. The minimum Gasteiger partial charge on any atom is -0.338 e. The third-order valence-electron chi connectivity index (χ3n) is 4.39. The number of halogens is 1. The molecule has 0 atom stereocenters. The van der Waals surface area contributed by atoms with Gasteiger partial charge in [-0.1, -0.05) is 23.9 Å². The molecule has 1 saturated heterocycles. The number of nitrogens with one attached hydrogen (secondary N) is 1. The molecule has 0 radical (unpaired) electrons. The number of anilines is 1. The van der Waals surface area contributed by atoms with Crippen molar-refractivity contribution in [2.75, 3.05) is 36.8 Å². The minimum absolute atomic E-state index is 0.0240. The van der Waals surface area contributed by atoms with Crippen LogP contribution in [0.3, 0.4) is 0 Å². The van der Waals surface area contributed by atoms with Crippen LogP contribution in [0.1, 0.15) is 0 Å². The van der Waals surface area contributed by atoms with Gasteiger partial charge in [0.15, 0.2) is 5.82 Å². The Morgan fingerprint density at radius 2 is 1.86 bits per heavy atom. The summed E-state index contributed by atoms with van der Waals surface area (Å²) in [6.45, 7) is 2.62. The van der Waals surface area contributed by atoms with E-state index >= 15 is 0 Å². The van der Waals surface area contributed by atoms with Crippen LogP contribution in [0, 0.1) is 5.82 Å². The first kappa shape index (κ1) is 18.4. The fourth-order valence-electron chi connectivity index (χ4n) is 2.91. The predicted molar refractivity (Wildman–Crippen MR) is 103 cm³/mol. The van der Waals surface area contributed by atoms with Gasteiger partial charge in [0.1, 0.15) is 5.82 Å². The summed E-state index contributed by atoms with van der Waals surface area (Å²) in [5.41, 5.74) is 0.354. The third-order valence-corrected chi connectivity index (χ3v) is 5.22. The van der Waals surface area contributed by atoms with Gasteiger partial charge in [-0.05, 0) is 18.2 Å². The molecule has 1 amide bonds. The van der Waals surface area contributed by atoms with Gasteiger partial charge >= 0.3 is 0 Å². The zero-order chi connectivity index (χ0) is 19.3. The van der Waals surface area contributed by atoms with E-state index in [-0.39, 0.29) is 17.5 Å². The lowest BCUT2D eigenvalue weighted by atomic mass is 10.2. The lowest BCUT2D eigenvalue weighted by molar-refractivity contribution is -0.128. The van der Waals surface area contributed by atoms with Crippen LogP contribution in [-0.2, 0) is 4.79 Å². The highest BCUT2D eigenvalue weighted by atomic mass is 32.2. The molecule has 1 aliphatic rings. The number of H-pyrrole nitrogens is 1. The zero-order valence-electron chi connectivity index (χ0n) is 15.0. The first-order valence-electron chi connectivity index (χ1n) is 8.80. The van der Waals surface area contributed by atoms with Crippen LogP contribution in [0.15, 0.2) is 47.9 Å². The van der Waals surface area contributed by atoms with Crippen LogP contribution >= 0.6 is 11.8 Å². The molecule has 4 rings (SSSR count). The van der Waals surface area contributed by atoms with Crippen molar-refractivity contribution in [3.63, 3.8) is 0 Å². The second-order valence-corrected chi connectivity index (χ2v) is 7.09. The number of aromatic nitrogens is 5. The maximum atomic E-state index is 13.8. The fraction of sp³-hybridized carbons (Fsp3) is 0.278. The number of piperazine rings is 1. The van der Waals surface area contributed by atoms with E-state index in [2.05, 4.69) is 30.0 Å². The van der Waals surface area contributed by atoms with Crippen molar-refractivity contribution >= 4 is 23.6 Å². The van der Waals surface area contributed by atoms with Gasteiger partial charge < -0.3 is 9.80 Å². The van der Waals surface area contributed by atoms with E-state index < -0.39 is 0 Å². The molecular weight excluding hydrogens is 381 g/mol. The van der Waals surface area contributed by atoms with Crippen molar-refractivity contribution in [2.45, 2.75) is 5.16 Å². The van der Waals surface area contributed by atoms with Crippen LogP contribution in [0.5, 0.6) is 0 Å². The number of nitrogens with zero attached hydrogens (tertiary/aromatic N) is 6. The Labute approximate surface area is 165 Å². The number of carbonyl (C=O) groups excluding carboxylic acids is 1. The van der Waals surface area contributed by atoms with E-state index in [0.29, 0.717) is 48.7 Å². The molecule has 2 aromatic heterocycles. The number of rotatable bonds is 5. The molecule has 1 aromatic carbocycles. The standard InChI is InChI=1S/C18H18FN7OS/c19-14-5-2-1-4-13(14)16-22-18(24-23-16)28-12-15(27)25-8-10-26(11-9-25)17-20-6-3-7-21-17/h1-7H,8-12H2,(H,22,23,24). The number of benzene rings is 1. The smallest absolute Gasteiger partial charge is 0.233 e. The molecule has 1 aliphatic heterocycles. The van der Waals surface area contributed by atoms with E-state index in [9.17, 15) is 9.18 Å². The molecule has 1 fully saturated rings. The molecule has 3 aromatic rings. The van der Waals surface area contributed by atoms with Crippen LogP contribution < -0.4 is 4.90 Å². The van der Waals surface area contributed by atoms with Gasteiger partial charge in [0, 0.05) is 38.6 Å². The third kappa shape index (κ3) is 4.11. The molecule has 3 heterocycles. The summed E-state index contributed by atoms with van der Waals surface area (Å²) in [4.78, 5) is 29.1. The normalized spacial score (nSPS) is 14.3. The highest BCUT2D eigenvalue weighted by Gasteiger charge is 2.23. The summed E-state index contributed by atoms with van der Waals surface area (Å²) in [5, 5.41) is 7.21. The van der Waals surface area contributed by atoms with E-state index in [0.717, 1.165) is 0 Å². The summed E-state index contributed by atoms with van der Waals surface area (Å²) < 4.78 is 13.8. The molecule has 0 bridgehead atoms. The van der Waals surface area contributed by atoms with Crippen molar-refractivity contribution in [3.8, 4) is 11.4 Å².